The Bertz CT molecular complexity index is 336. The molecule has 1 aromatic rings. The highest BCUT2D eigenvalue weighted by Crippen LogP contribution is 2.12. The van der Waals surface area contributed by atoms with E-state index in [4.69, 9.17) is 0 Å². The van der Waals surface area contributed by atoms with Crippen molar-refractivity contribution < 1.29 is 5.11 Å². The Morgan fingerprint density at radius 1 is 1.56 bits per heavy atom. The summed E-state index contributed by atoms with van der Waals surface area (Å²) in [5.74, 6) is 1.58. The number of β-amino-alcohol motifs (C(OH)–C–C–N with tert-alkyl or cyclic N) is 1. The van der Waals surface area contributed by atoms with Gasteiger partial charge in [0.2, 0.25) is 0 Å². The lowest BCUT2D eigenvalue weighted by molar-refractivity contribution is 0.173. The van der Waals surface area contributed by atoms with E-state index in [2.05, 4.69) is 28.8 Å². The van der Waals surface area contributed by atoms with Crippen molar-refractivity contribution in [2.24, 2.45) is 5.92 Å². The fraction of sp³-hybridized carbons (Fsp3) is 0.818. The molecule has 2 heterocycles. The Kier molecular flexibility index (Phi) is 3.56. The Morgan fingerprint density at radius 3 is 3.00 bits per heavy atom. The molecule has 16 heavy (non-hydrogen) atoms. The Morgan fingerprint density at radius 2 is 2.38 bits per heavy atom. The van der Waals surface area contributed by atoms with E-state index in [1.54, 1.807) is 6.33 Å². The topological polar surface area (TPSA) is 54.2 Å². The molecule has 0 radical (unpaired) electrons. The average molecular weight is 224 g/mol. The summed E-state index contributed by atoms with van der Waals surface area (Å²) in [6.07, 6.45) is 2.32. The summed E-state index contributed by atoms with van der Waals surface area (Å²) < 4.78 is 1.97. The Balaban J connectivity index is 1.96. The van der Waals surface area contributed by atoms with Crippen LogP contribution in [0.5, 0.6) is 0 Å². The zero-order valence-electron chi connectivity index (χ0n) is 10.0. The highest BCUT2D eigenvalue weighted by atomic mass is 16.3. The summed E-state index contributed by atoms with van der Waals surface area (Å²) in [5.41, 5.74) is 0. The van der Waals surface area contributed by atoms with Crippen LogP contribution in [0, 0.1) is 5.92 Å². The molecular weight excluding hydrogens is 204 g/mol. The molecule has 0 saturated carbocycles. The predicted octanol–water partition coefficient (Wildman–Crippen LogP) is 0.501. The second-order valence-electron chi connectivity index (χ2n) is 4.93. The number of hydrogen-bond acceptors (Lipinski definition) is 4. The highest BCUT2D eigenvalue weighted by Gasteiger charge is 2.21. The molecule has 0 unspecified atom stereocenters. The van der Waals surface area contributed by atoms with E-state index < -0.39 is 0 Å². The molecule has 0 bridgehead atoms. The molecule has 5 heteroatoms. The first-order valence-corrected chi connectivity index (χ1v) is 5.92. The molecule has 0 amide bonds. The van der Waals surface area contributed by atoms with Crippen LogP contribution in [-0.4, -0.2) is 44.0 Å². The van der Waals surface area contributed by atoms with Crippen LogP contribution in [0.15, 0.2) is 6.33 Å². The van der Waals surface area contributed by atoms with Crippen LogP contribution in [0.3, 0.4) is 0 Å². The molecule has 1 N–H and O–H groups in total. The van der Waals surface area contributed by atoms with Crippen LogP contribution >= 0.6 is 0 Å². The van der Waals surface area contributed by atoms with E-state index >= 15 is 0 Å². The van der Waals surface area contributed by atoms with Gasteiger partial charge in [-0.15, -0.1) is 0 Å². The maximum atomic E-state index is 9.46. The minimum absolute atomic E-state index is 0.165. The summed E-state index contributed by atoms with van der Waals surface area (Å²) in [5, 5.41) is 13.7. The summed E-state index contributed by atoms with van der Waals surface area (Å²) in [6.45, 7) is 7.76. The predicted molar refractivity (Wildman–Crippen MR) is 60.8 cm³/mol. The van der Waals surface area contributed by atoms with Gasteiger partial charge in [0, 0.05) is 19.6 Å². The van der Waals surface area contributed by atoms with Gasteiger partial charge in [-0.05, 0) is 12.3 Å². The van der Waals surface area contributed by atoms with Crippen LogP contribution in [0.4, 0.5) is 0 Å². The molecule has 1 fully saturated rings. The summed E-state index contributed by atoms with van der Waals surface area (Å²) in [6, 6.07) is 0. The van der Waals surface area contributed by atoms with Crippen molar-refractivity contribution in [3.63, 3.8) is 0 Å². The van der Waals surface area contributed by atoms with E-state index in [1.807, 2.05) is 4.68 Å². The third-order valence-corrected chi connectivity index (χ3v) is 2.85. The second kappa shape index (κ2) is 4.93. The number of likely N-dealkylation sites (tertiary alicyclic amines) is 1. The van der Waals surface area contributed by atoms with Gasteiger partial charge in [-0.2, -0.15) is 5.10 Å². The average Bonchev–Trinajstić information content (AvgIpc) is 2.77. The van der Waals surface area contributed by atoms with Gasteiger partial charge in [-0.3, -0.25) is 4.90 Å². The molecule has 1 aliphatic rings. The zero-order chi connectivity index (χ0) is 11.5. The number of aromatic nitrogens is 3. The number of hydrogen-bond donors (Lipinski definition) is 1. The maximum absolute atomic E-state index is 9.46. The van der Waals surface area contributed by atoms with Crippen LogP contribution in [-0.2, 0) is 13.1 Å². The molecule has 1 saturated heterocycles. The van der Waals surface area contributed by atoms with E-state index in [1.165, 1.54) is 0 Å². The third-order valence-electron chi connectivity index (χ3n) is 2.85. The van der Waals surface area contributed by atoms with Crippen molar-refractivity contribution in [2.45, 2.75) is 39.5 Å². The van der Waals surface area contributed by atoms with Gasteiger partial charge >= 0.3 is 0 Å². The fourth-order valence-electron chi connectivity index (χ4n) is 2.06. The van der Waals surface area contributed by atoms with Crippen molar-refractivity contribution in [1.29, 1.82) is 0 Å². The minimum Gasteiger partial charge on any atom is -0.392 e. The number of nitrogens with zero attached hydrogens (tertiary/aromatic N) is 4. The summed E-state index contributed by atoms with van der Waals surface area (Å²) >= 11 is 0. The largest absolute Gasteiger partial charge is 0.392 e. The van der Waals surface area contributed by atoms with E-state index in [0.29, 0.717) is 5.92 Å². The van der Waals surface area contributed by atoms with Gasteiger partial charge < -0.3 is 5.11 Å². The Hall–Kier alpha value is -0.940. The first-order valence-electron chi connectivity index (χ1n) is 5.92. The standard InChI is InChI=1S/C11H20N4O/c1-9(2)5-15-11(12-8-13-15)7-14-4-3-10(16)6-14/h8-10,16H,3-7H2,1-2H3/t10-/m1/s1. The van der Waals surface area contributed by atoms with Crippen LogP contribution in [0.25, 0.3) is 0 Å². The fourth-order valence-corrected chi connectivity index (χ4v) is 2.06. The maximum Gasteiger partial charge on any atom is 0.141 e. The molecule has 0 aromatic carbocycles. The van der Waals surface area contributed by atoms with E-state index in [9.17, 15) is 5.11 Å². The van der Waals surface area contributed by atoms with Crippen molar-refractivity contribution in [2.75, 3.05) is 13.1 Å². The summed E-state index contributed by atoms with van der Waals surface area (Å²) in [7, 11) is 0. The Labute approximate surface area is 96.1 Å². The lowest BCUT2D eigenvalue weighted by atomic mass is 10.2. The minimum atomic E-state index is -0.165. The molecule has 1 aromatic heterocycles. The first-order chi connectivity index (χ1) is 7.65. The van der Waals surface area contributed by atoms with Crippen LogP contribution in [0.2, 0.25) is 0 Å². The normalized spacial score (nSPS) is 22.1. The first kappa shape index (κ1) is 11.5. The van der Waals surface area contributed by atoms with Gasteiger partial charge in [0.25, 0.3) is 0 Å². The van der Waals surface area contributed by atoms with Crippen molar-refractivity contribution >= 4 is 0 Å². The van der Waals surface area contributed by atoms with Crippen molar-refractivity contribution in [3.05, 3.63) is 12.2 Å². The quantitative estimate of drug-likeness (QED) is 0.809. The van der Waals surface area contributed by atoms with E-state index in [0.717, 1.165) is 38.4 Å². The van der Waals surface area contributed by atoms with Crippen molar-refractivity contribution in [1.82, 2.24) is 19.7 Å². The monoisotopic (exact) mass is 224 g/mol. The van der Waals surface area contributed by atoms with E-state index in [-0.39, 0.29) is 6.10 Å². The van der Waals surface area contributed by atoms with Crippen molar-refractivity contribution in [3.8, 4) is 0 Å². The lowest BCUT2D eigenvalue weighted by Gasteiger charge is -2.15. The number of rotatable bonds is 4. The SMILES string of the molecule is CC(C)Cn1ncnc1CN1CC[C@@H](O)C1. The molecular formula is C11H20N4O. The molecule has 1 atom stereocenters. The third kappa shape index (κ3) is 2.80. The molecule has 2 rings (SSSR count). The number of aliphatic hydroxyl groups is 1. The van der Waals surface area contributed by atoms with Crippen LogP contribution < -0.4 is 0 Å². The van der Waals surface area contributed by atoms with Gasteiger partial charge in [0.1, 0.15) is 12.2 Å². The second-order valence-corrected chi connectivity index (χ2v) is 4.93. The van der Waals surface area contributed by atoms with Gasteiger partial charge in [-0.25, -0.2) is 9.67 Å². The zero-order valence-corrected chi connectivity index (χ0v) is 10.0. The molecule has 1 aliphatic heterocycles. The molecule has 0 spiro atoms. The lowest BCUT2D eigenvalue weighted by Crippen LogP contribution is -2.24. The van der Waals surface area contributed by atoms with Gasteiger partial charge in [-0.1, -0.05) is 13.8 Å². The van der Waals surface area contributed by atoms with Gasteiger partial charge in [0.05, 0.1) is 12.6 Å². The van der Waals surface area contributed by atoms with Crippen LogP contribution in [0.1, 0.15) is 26.1 Å². The summed E-state index contributed by atoms with van der Waals surface area (Å²) in [4.78, 5) is 6.51. The number of aliphatic hydroxyl groups excluding tert-OH is 1. The molecule has 5 nitrogen and oxygen atoms in total. The smallest absolute Gasteiger partial charge is 0.141 e. The molecule has 0 aliphatic carbocycles. The highest BCUT2D eigenvalue weighted by molar-refractivity contribution is 4.87. The van der Waals surface area contributed by atoms with Gasteiger partial charge in [0.15, 0.2) is 0 Å². The molecule has 90 valence electrons.